The standard InChI is InChI=1S/C8H16N2/c1-9-6-7-10-4-2-8(9)3-5-10/h8H,2-7H2,1H3. The van der Waals surface area contributed by atoms with E-state index in [0.29, 0.717) is 0 Å². The van der Waals surface area contributed by atoms with Crippen molar-refractivity contribution in [1.82, 2.24) is 9.80 Å². The van der Waals surface area contributed by atoms with Gasteiger partial charge in [-0.3, -0.25) is 0 Å². The first kappa shape index (κ1) is 6.62. The third-order valence-corrected chi connectivity index (χ3v) is 2.95. The zero-order valence-electron chi connectivity index (χ0n) is 6.71. The lowest BCUT2D eigenvalue weighted by atomic mass is 10.1. The van der Waals surface area contributed by atoms with Crippen LogP contribution in [0.3, 0.4) is 0 Å². The number of hydrogen-bond donors (Lipinski definition) is 0. The SMILES string of the molecule is CN1CCN2CCC1CC2. The molecule has 0 aromatic carbocycles. The van der Waals surface area contributed by atoms with Crippen molar-refractivity contribution in [2.24, 2.45) is 0 Å². The van der Waals surface area contributed by atoms with Gasteiger partial charge < -0.3 is 9.80 Å². The maximum atomic E-state index is 2.58. The summed E-state index contributed by atoms with van der Waals surface area (Å²) in [5.74, 6) is 0. The quantitative estimate of drug-likeness (QED) is 0.480. The number of hydrogen-bond acceptors (Lipinski definition) is 2. The highest BCUT2D eigenvalue weighted by Gasteiger charge is 2.25. The molecule has 0 atom stereocenters. The Bertz CT molecular complexity index is 116. The Morgan fingerprint density at radius 1 is 1.00 bits per heavy atom. The van der Waals surface area contributed by atoms with Gasteiger partial charge in [0.05, 0.1) is 0 Å². The van der Waals surface area contributed by atoms with Crippen LogP contribution in [0.2, 0.25) is 0 Å². The van der Waals surface area contributed by atoms with Crippen LogP contribution in [0.4, 0.5) is 0 Å². The molecule has 10 heavy (non-hydrogen) atoms. The van der Waals surface area contributed by atoms with E-state index in [1.54, 1.807) is 0 Å². The molecule has 2 heteroatoms. The molecule has 0 saturated carbocycles. The van der Waals surface area contributed by atoms with Gasteiger partial charge in [0, 0.05) is 19.1 Å². The zero-order valence-corrected chi connectivity index (χ0v) is 6.71. The lowest BCUT2D eigenvalue weighted by Gasteiger charge is -2.28. The number of piperidine rings is 1. The molecule has 0 N–H and O–H groups in total. The summed E-state index contributed by atoms with van der Waals surface area (Å²) in [4.78, 5) is 5.10. The summed E-state index contributed by atoms with van der Waals surface area (Å²) in [6, 6.07) is 0.902. The van der Waals surface area contributed by atoms with Crippen molar-refractivity contribution >= 4 is 0 Å². The highest BCUT2D eigenvalue weighted by molar-refractivity contribution is 4.82. The van der Waals surface area contributed by atoms with E-state index in [0.717, 1.165) is 6.04 Å². The van der Waals surface area contributed by atoms with Gasteiger partial charge in [0.25, 0.3) is 0 Å². The molecule has 3 rings (SSSR count). The first-order chi connectivity index (χ1) is 4.86. The number of fused-ring (bicyclic) bond motifs is 4. The maximum absolute atomic E-state index is 2.58. The Hall–Kier alpha value is -0.0800. The first-order valence-electron chi connectivity index (χ1n) is 4.29. The van der Waals surface area contributed by atoms with E-state index in [9.17, 15) is 0 Å². The van der Waals surface area contributed by atoms with Crippen LogP contribution in [0.1, 0.15) is 12.8 Å². The maximum Gasteiger partial charge on any atom is 0.0117 e. The van der Waals surface area contributed by atoms with Gasteiger partial charge in [-0.2, -0.15) is 0 Å². The number of nitrogens with zero attached hydrogens (tertiary/aromatic N) is 2. The van der Waals surface area contributed by atoms with E-state index < -0.39 is 0 Å². The Balaban J connectivity index is 2.07. The highest BCUT2D eigenvalue weighted by Crippen LogP contribution is 2.18. The van der Waals surface area contributed by atoms with Gasteiger partial charge in [-0.1, -0.05) is 0 Å². The van der Waals surface area contributed by atoms with E-state index in [1.807, 2.05) is 0 Å². The van der Waals surface area contributed by atoms with Crippen molar-refractivity contribution in [3.8, 4) is 0 Å². The molecule has 58 valence electrons. The molecule has 0 radical (unpaired) electrons. The molecule has 3 aliphatic heterocycles. The fourth-order valence-corrected chi connectivity index (χ4v) is 2.07. The Labute approximate surface area is 62.8 Å². The molecule has 0 spiro atoms. The molecule has 2 nitrogen and oxygen atoms in total. The van der Waals surface area contributed by atoms with Crippen LogP contribution in [0.15, 0.2) is 0 Å². The largest absolute Gasteiger partial charge is 0.302 e. The summed E-state index contributed by atoms with van der Waals surface area (Å²) in [6.45, 7) is 5.27. The summed E-state index contributed by atoms with van der Waals surface area (Å²) < 4.78 is 0. The first-order valence-corrected chi connectivity index (χ1v) is 4.29. The normalized spacial score (nSPS) is 41.7. The van der Waals surface area contributed by atoms with E-state index in [1.165, 1.54) is 39.0 Å². The smallest absolute Gasteiger partial charge is 0.0117 e. The van der Waals surface area contributed by atoms with E-state index in [4.69, 9.17) is 0 Å². The minimum absolute atomic E-state index is 0.902. The molecule has 0 aliphatic carbocycles. The van der Waals surface area contributed by atoms with Gasteiger partial charge in [-0.15, -0.1) is 0 Å². The lowest BCUT2D eigenvalue weighted by Crippen LogP contribution is -2.35. The number of likely N-dealkylation sites (N-methyl/N-ethyl adjacent to an activating group) is 1. The third kappa shape index (κ3) is 1.06. The van der Waals surface area contributed by atoms with Crippen molar-refractivity contribution < 1.29 is 0 Å². The highest BCUT2D eigenvalue weighted by atomic mass is 15.2. The van der Waals surface area contributed by atoms with Crippen LogP contribution in [0, 0.1) is 0 Å². The van der Waals surface area contributed by atoms with E-state index in [2.05, 4.69) is 16.8 Å². The Morgan fingerprint density at radius 2 is 1.70 bits per heavy atom. The summed E-state index contributed by atoms with van der Waals surface area (Å²) >= 11 is 0. The molecule has 3 heterocycles. The van der Waals surface area contributed by atoms with Gasteiger partial charge in [0.1, 0.15) is 0 Å². The van der Waals surface area contributed by atoms with E-state index >= 15 is 0 Å². The summed E-state index contributed by atoms with van der Waals surface area (Å²) in [7, 11) is 2.26. The Kier molecular flexibility index (Phi) is 1.66. The van der Waals surface area contributed by atoms with Crippen LogP contribution in [-0.2, 0) is 0 Å². The molecule has 3 aliphatic rings. The van der Waals surface area contributed by atoms with Crippen LogP contribution in [0.5, 0.6) is 0 Å². The van der Waals surface area contributed by atoms with Crippen molar-refractivity contribution in [3.05, 3.63) is 0 Å². The molecule has 3 fully saturated rings. The van der Waals surface area contributed by atoms with Crippen LogP contribution < -0.4 is 0 Å². The van der Waals surface area contributed by atoms with Crippen LogP contribution in [-0.4, -0.2) is 49.1 Å². The topological polar surface area (TPSA) is 6.48 Å². The molecule has 0 aromatic heterocycles. The molecule has 0 amide bonds. The molecular weight excluding hydrogens is 124 g/mol. The molecule has 0 aromatic rings. The predicted octanol–water partition coefficient (Wildman–Crippen LogP) is 0.396. The van der Waals surface area contributed by atoms with Gasteiger partial charge in [-0.25, -0.2) is 0 Å². The zero-order chi connectivity index (χ0) is 6.97. The fourth-order valence-electron chi connectivity index (χ4n) is 2.07. The third-order valence-electron chi connectivity index (χ3n) is 2.95. The minimum Gasteiger partial charge on any atom is -0.302 e. The molecule has 2 bridgehead atoms. The van der Waals surface area contributed by atoms with Crippen molar-refractivity contribution in [2.45, 2.75) is 18.9 Å². The van der Waals surface area contributed by atoms with Crippen LogP contribution >= 0.6 is 0 Å². The van der Waals surface area contributed by atoms with E-state index in [-0.39, 0.29) is 0 Å². The van der Waals surface area contributed by atoms with Gasteiger partial charge in [0.2, 0.25) is 0 Å². The summed E-state index contributed by atoms with van der Waals surface area (Å²) in [5, 5.41) is 0. The monoisotopic (exact) mass is 140 g/mol. The van der Waals surface area contributed by atoms with Crippen molar-refractivity contribution in [1.29, 1.82) is 0 Å². The second-order valence-electron chi connectivity index (χ2n) is 3.55. The van der Waals surface area contributed by atoms with Gasteiger partial charge in [0.15, 0.2) is 0 Å². The summed E-state index contributed by atoms with van der Waals surface area (Å²) in [5.41, 5.74) is 0. The average Bonchev–Trinajstić information content (AvgIpc) is 2.24. The average molecular weight is 140 g/mol. The van der Waals surface area contributed by atoms with Crippen molar-refractivity contribution in [2.75, 3.05) is 33.2 Å². The minimum atomic E-state index is 0.902. The van der Waals surface area contributed by atoms with Crippen molar-refractivity contribution in [3.63, 3.8) is 0 Å². The summed E-state index contributed by atoms with van der Waals surface area (Å²) in [6.07, 6.45) is 2.80. The number of rotatable bonds is 0. The predicted molar refractivity (Wildman–Crippen MR) is 42.1 cm³/mol. The fraction of sp³-hybridized carbons (Fsp3) is 1.00. The Morgan fingerprint density at radius 3 is 2.40 bits per heavy atom. The second-order valence-corrected chi connectivity index (χ2v) is 3.55. The van der Waals surface area contributed by atoms with Gasteiger partial charge in [-0.05, 0) is 33.0 Å². The van der Waals surface area contributed by atoms with Crippen LogP contribution in [0.25, 0.3) is 0 Å². The molecule has 3 saturated heterocycles. The lowest BCUT2D eigenvalue weighted by molar-refractivity contribution is 0.209. The van der Waals surface area contributed by atoms with Gasteiger partial charge >= 0.3 is 0 Å². The molecule has 0 unspecified atom stereocenters. The molecular formula is C8H16N2. The second kappa shape index (κ2) is 2.51.